The SMILES string of the molecule is Nc1nc2nc[nH]c2c(=O)n1CC=CCCP(=O)(O)O. The normalized spacial score (nSPS) is 12.5. The van der Waals surface area contributed by atoms with E-state index in [0.29, 0.717) is 0 Å². The number of rotatable bonds is 5. The lowest BCUT2D eigenvalue weighted by atomic mass is 10.4. The highest BCUT2D eigenvalue weighted by Gasteiger charge is 2.11. The van der Waals surface area contributed by atoms with Gasteiger partial charge in [-0.25, -0.2) is 4.98 Å². The van der Waals surface area contributed by atoms with Crippen LogP contribution in [0.3, 0.4) is 0 Å². The largest absolute Gasteiger partial charge is 0.369 e. The first-order chi connectivity index (χ1) is 9.38. The van der Waals surface area contributed by atoms with Crippen LogP contribution in [0.1, 0.15) is 6.42 Å². The second-order valence-corrected chi connectivity index (χ2v) is 5.91. The van der Waals surface area contributed by atoms with Crippen molar-refractivity contribution in [3.63, 3.8) is 0 Å². The van der Waals surface area contributed by atoms with E-state index in [2.05, 4.69) is 15.0 Å². The van der Waals surface area contributed by atoms with Gasteiger partial charge in [0.25, 0.3) is 5.56 Å². The van der Waals surface area contributed by atoms with Crippen molar-refractivity contribution in [3.8, 4) is 0 Å². The number of nitrogens with one attached hydrogen (secondary N) is 1. The van der Waals surface area contributed by atoms with Gasteiger partial charge in [-0.1, -0.05) is 12.2 Å². The van der Waals surface area contributed by atoms with Gasteiger partial charge in [-0.15, -0.1) is 0 Å². The number of hydrogen-bond donors (Lipinski definition) is 4. The Balaban J connectivity index is 2.12. The first-order valence-electron chi connectivity index (χ1n) is 5.77. The number of aromatic nitrogens is 4. The summed E-state index contributed by atoms with van der Waals surface area (Å²) in [6.45, 7) is 0.174. The monoisotopic (exact) mass is 299 g/mol. The Kier molecular flexibility index (Phi) is 4.03. The van der Waals surface area contributed by atoms with Crippen LogP contribution in [-0.2, 0) is 11.1 Å². The van der Waals surface area contributed by atoms with Gasteiger partial charge in [0.05, 0.1) is 12.5 Å². The fourth-order valence-electron chi connectivity index (χ4n) is 1.65. The van der Waals surface area contributed by atoms with E-state index >= 15 is 0 Å². The summed E-state index contributed by atoms with van der Waals surface area (Å²) in [7, 11) is -3.99. The predicted octanol–water partition coefficient (Wildman–Crippen LogP) is -0.174. The zero-order valence-electron chi connectivity index (χ0n) is 10.4. The van der Waals surface area contributed by atoms with Gasteiger partial charge in [0.15, 0.2) is 11.2 Å². The van der Waals surface area contributed by atoms with Crippen molar-refractivity contribution in [2.75, 3.05) is 11.9 Å². The lowest BCUT2D eigenvalue weighted by Crippen LogP contribution is -2.24. The van der Waals surface area contributed by atoms with E-state index in [0.717, 1.165) is 0 Å². The summed E-state index contributed by atoms with van der Waals surface area (Å²) in [4.78, 5) is 40.0. The van der Waals surface area contributed by atoms with Crippen molar-refractivity contribution in [1.82, 2.24) is 19.5 Å². The zero-order valence-corrected chi connectivity index (χ0v) is 11.3. The molecule has 0 aliphatic rings. The lowest BCUT2D eigenvalue weighted by Gasteiger charge is -2.05. The summed E-state index contributed by atoms with van der Waals surface area (Å²) in [6.07, 6.45) is 4.54. The molecule has 0 aromatic carbocycles. The van der Waals surface area contributed by atoms with E-state index in [1.165, 1.54) is 10.9 Å². The van der Waals surface area contributed by atoms with Gasteiger partial charge in [-0.05, 0) is 6.42 Å². The number of nitrogens with two attached hydrogens (primary N) is 1. The molecule has 2 aromatic rings. The van der Waals surface area contributed by atoms with Crippen molar-refractivity contribution < 1.29 is 14.4 Å². The average molecular weight is 299 g/mol. The molecule has 108 valence electrons. The van der Waals surface area contributed by atoms with Crippen LogP contribution in [0.25, 0.3) is 11.2 Å². The number of hydrogen-bond acceptors (Lipinski definition) is 5. The number of allylic oxidation sites excluding steroid dienone is 2. The predicted molar refractivity (Wildman–Crippen MR) is 73.2 cm³/mol. The molecule has 0 fully saturated rings. The van der Waals surface area contributed by atoms with Crippen LogP contribution in [0.4, 0.5) is 5.95 Å². The summed E-state index contributed by atoms with van der Waals surface area (Å²) in [5.41, 5.74) is 5.85. The van der Waals surface area contributed by atoms with Crippen molar-refractivity contribution >= 4 is 24.7 Å². The molecule has 5 N–H and O–H groups in total. The van der Waals surface area contributed by atoms with E-state index in [-0.39, 0.29) is 41.8 Å². The minimum Gasteiger partial charge on any atom is -0.369 e. The van der Waals surface area contributed by atoms with Crippen LogP contribution < -0.4 is 11.3 Å². The Labute approximate surface area is 113 Å². The fourth-order valence-corrected chi connectivity index (χ4v) is 2.14. The third kappa shape index (κ3) is 3.32. The smallest absolute Gasteiger partial charge is 0.325 e. The van der Waals surface area contributed by atoms with E-state index in [4.69, 9.17) is 15.5 Å². The molecule has 0 radical (unpaired) electrons. The van der Waals surface area contributed by atoms with E-state index in [1.807, 2.05) is 0 Å². The van der Waals surface area contributed by atoms with Crippen molar-refractivity contribution in [1.29, 1.82) is 0 Å². The van der Waals surface area contributed by atoms with Crippen LogP contribution in [0.2, 0.25) is 0 Å². The number of nitrogens with zero attached hydrogens (tertiary/aromatic N) is 3. The minimum atomic E-state index is -3.99. The summed E-state index contributed by atoms with van der Waals surface area (Å²) in [5.74, 6) is 0.0363. The quantitative estimate of drug-likeness (QED) is 0.442. The van der Waals surface area contributed by atoms with Crippen LogP contribution >= 0.6 is 7.60 Å². The molecule has 0 saturated carbocycles. The standard InChI is InChI=1S/C10H14N5O4P/c11-10-14-8-7(12-6-13-8)9(16)15(10)4-2-1-3-5-20(17,18)19/h1-2,6H,3-5H2,(H2,11,14)(H,12,13)(H2,17,18,19). The summed E-state index contributed by atoms with van der Waals surface area (Å²) in [5, 5.41) is 0. The van der Waals surface area contributed by atoms with Crippen molar-refractivity contribution in [2.24, 2.45) is 0 Å². The Hall–Kier alpha value is -1.96. The molecule has 0 spiro atoms. The highest BCUT2D eigenvalue weighted by molar-refractivity contribution is 7.51. The molecule has 0 atom stereocenters. The Bertz CT molecular complexity index is 744. The molecule has 10 heteroatoms. The molecule has 9 nitrogen and oxygen atoms in total. The number of H-pyrrole nitrogens is 1. The molecule has 0 bridgehead atoms. The second-order valence-electron chi connectivity index (χ2n) is 4.14. The zero-order chi connectivity index (χ0) is 14.8. The summed E-state index contributed by atoms with van der Waals surface area (Å²) in [6, 6.07) is 0. The number of fused-ring (bicyclic) bond motifs is 1. The molecule has 20 heavy (non-hydrogen) atoms. The van der Waals surface area contributed by atoms with E-state index in [9.17, 15) is 9.36 Å². The number of aromatic amines is 1. The second kappa shape index (κ2) is 5.58. The molecule has 2 aromatic heterocycles. The van der Waals surface area contributed by atoms with Crippen molar-refractivity contribution in [2.45, 2.75) is 13.0 Å². The van der Waals surface area contributed by atoms with Crippen molar-refractivity contribution in [3.05, 3.63) is 28.8 Å². The highest BCUT2D eigenvalue weighted by atomic mass is 31.2. The number of anilines is 1. The van der Waals surface area contributed by atoms with Gasteiger partial charge in [0, 0.05) is 6.54 Å². The Morgan fingerprint density at radius 3 is 2.90 bits per heavy atom. The summed E-state index contributed by atoms with van der Waals surface area (Å²) >= 11 is 0. The Morgan fingerprint density at radius 2 is 2.20 bits per heavy atom. The van der Waals surface area contributed by atoms with E-state index in [1.54, 1.807) is 12.2 Å². The minimum absolute atomic E-state index is 0.0363. The lowest BCUT2D eigenvalue weighted by molar-refractivity contribution is 0.373. The first-order valence-corrected chi connectivity index (χ1v) is 7.57. The van der Waals surface area contributed by atoms with E-state index < -0.39 is 7.60 Å². The maximum atomic E-state index is 12.0. The number of nitrogen functional groups attached to an aromatic ring is 1. The average Bonchev–Trinajstić information content (AvgIpc) is 2.79. The molecular formula is C10H14N5O4P. The van der Waals surface area contributed by atoms with Gasteiger partial charge in [0.2, 0.25) is 5.95 Å². The third-order valence-electron chi connectivity index (χ3n) is 2.62. The third-order valence-corrected chi connectivity index (χ3v) is 3.46. The first kappa shape index (κ1) is 14.4. The van der Waals surface area contributed by atoms with Gasteiger partial charge < -0.3 is 20.5 Å². The van der Waals surface area contributed by atoms with Gasteiger partial charge in [0.1, 0.15) is 0 Å². The van der Waals surface area contributed by atoms with Crippen LogP contribution in [-0.4, -0.2) is 35.5 Å². The highest BCUT2D eigenvalue weighted by Crippen LogP contribution is 2.34. The molecule has 2 heterocycles. The molecule has 0 saturated heterocycles. The maximum absolute atomic E-state index is 12.0. The molecular weight excluding hydrogens is 285 g/mol. The maximum Gasteiger partial charge on any atom is 0.325 e. The topological polar surface area (TPSA) is 147 Å². The molecule has 0 aliphatic carbocycles. The van der Waals surface area contributed by atoms with Gasteiger partial charge in [-0.2, -0.15) is 4.98 Å². The van der Waals surface area contributed by atoms with Gasteiger partial charge in [-0.3, -0.25) is 13.9 Å². The molecule has 0 unspecified atom stereocenters. The van der Waals surface area contributed by atoms with Gasteiger partial charge >= 0.3 is 7.60 Å². The molecule has 0 amide bonds. The molecule has 2 rings (SSSR count). The Morgan fingerprint density at radius 1 is 1.45 bits per heavy atom. The summed E-state index contributed by atoms with van der Waals surface area (Å²) < 4.78 is 11.9. The van der Waals surface area contributed by atoms with Crippen LogP contribution in [0.5, 0.6) is 0 Å². The fraction of sp³-hybridized carbons (Fsp3) is 0.300. The number of imidazole rings is 1. The van der Waals surface area contributed by atoms with Crippen LogP contribution in [0, 0.1) is 0 Å². The molecule has 0 aliphatic heterocycles. The van der Waals surface area contributed by atoms with Crippen LogP contribution in [0.15, 0.2) is 23.3 Å².